The van der Waals surface area contributed by atoms with Crippen LogP contribution in [0.2, 0.25) is 0 Å². The lowest BCUT2D eigenvalue weighted by Crippen LogP contribution is -2.14. The Morgan fingerprint density at radius 2 is 1.50 bits per heavy atom. The Morgan fingerprint density at radius 3 is 1.89 bits per heavy atom. The summed E-state index contributed by atoms with van der Waals surface area (Å²) in [6.45, 7) is 4.26. The Kier molecular flexibility index (Phi) is 4.32. The Hall–Kier alpha value is -1.59. The summed E-state index contributed by atoms with van der Waals surface area (Å²) in [5.74, 6) is -8.94. The smallest absolute Gasteiger partial charge is 0.311 e. The highest BCUT2D eigenvalue weighted by molar-refractivity contribution is 5.72. The first-order valence-corrected chi connectivity index (χ1v) is 5.28. The molecule has 18 heavy (non-hydrogen) atoms. The zero-order chi connectivity index (χ0) is 14.0. The van der Waals surface area contributed by atoms with Gasteiger partial charge < -0.3 is 4.74 Å². The van der Waals surface area contributed by atoms with Crippen molar-refractivity contribution in [2.24, 2.45) is 5.92 Å². The minimum absolute atomic E-state index is 0.108. The van der Waals surface area contributed by atoms with E-state index in [-0.39, 0.29) is 12.3 Å². The van der Waals surface area contributed by atoms with Crippen molar-refractivity contribution in [3.8, 4) is 5.75 Å². The van der Waals surface area contributed by atoms with Gasteiger partial charge in [0.05, 0.1) is 0 Å². The highest BCUT2D eigenvalue weighted by atomic mass is 19.2. The predicted molar refractivity (Wildman–Crippen MR) is 56.1 cm³/mol. The largest absolute Gasteiger partial charge is 0.420 e. The molecule has 0 heterocycles. The fourth-order valence-corrected chi connectivity index (χ4v) is 1.30. The number of halogens is 4. The summed E-state index contributed by atoms with van der Waals surface area (Å²) in [4.78, 5) is 11.2. The molecule has 6 heteroatoms. The van der Waals surface area contributed by atoms with E-state index in [2.05, 4.69) is 4.74 Å². The van der Waals surface area contributed by atoms with Crippen molar-refractivity contribution >= 4 is 5.97 Å². The van der Waals surface area contributed by atoms with E-state index in [1.54, 1.807) is 13.8 Å². The van der Waals surface area contributed by atoms with Gasteiger partial charge in [-0.1, -0.05) is 13.8 Å². The van der Waals surface area contributed by atoms with Crippen LogP contribution in [0.3, 0.4) is 0 Å². The van der Waals surface area contributed by atoms with E-state index in [0.29, 0.717) is 0 Å². The van der Waals surface area contributed by atoms with Gasteiger partial charge in [-0.25, -0.2) is 8.78 Å². The van der Waals surface area contributed by atoms with E-state index in [9.17, 15) is 22.4 Å². The lowest BCUT2D eigenvalue weighted by atomic mass is 10.1. The van der Waals surface area contributed by atoms with E-state index in [1.807, 2.05) is 0 Å². The second-order valence-electron chi connectivity index (χ2n) is 4.28. The molecule has 0 aliphatic heterocycles. The number of ether oxygens (including phenoxy) is 1. The minimum Gasteiger partial charge on any atom is -0.420 e. The van der Waals surface area contributed by atoms with Crippen molar-refractivity contribution in [1.29, 1.82) is 0 Å². The number of hydrogen-bond donors (Lipinski definition) is 0. The summed E-state index contributed by atoms with van der Waals surface area (Å²) < 4.78 is 57.4. The number of hydrogen-bond acceptors (Lipinski definition) is 2. The monoisotopic (exact) mass is 264 g/mol. The average molecular weight is 264 g/mol. The molecule has 0 radical (unpaired) electrons. The second kappa shape index (κ2) is 5.37. The van der Waals surface area contributed by atoms with E-state index in [4.69, 9.17) is 0 Å². The highest BCUT2D eigenvalue weighted by Crippen LogP contribution is 2.29. The molecular weight excluding hydrogens is 252 g/mol. The van der Waals surface area contributed by atoms with Crippen molar-refractivity contribution in [1.82, 2.24) is 0 Å². The molecule has 1 rings (SSSR count). The summed E-state index contributed by atoms with van der Waals surface area (Å²) >= 11 is 0. The first-order chi connectivity index (χ1) is 8.25. The molecule has 0 bridgehead atoms. The fraction of sp³-hybridized carbons (Fsp3) is 0.417. The van der Waals surface area contributed by atoms with Crippen LogP contribution in [0.5, 0.6) is 5.75 Å². The van der Waals surface area contributed by atoms with Crippen LogP contribution >= 0.6 is 0 Å². The van der Waals surface area contributed by atoms with E-state index in [0.717, 1.165) is 6.92 Å². The van der Waals surface area contributed by atoms with Gasteiger partial charge in [0.2, 0.25) is 17.4 Å². The minimum atomic E-state index is -1.71. The second-order valence-corrected chi connectivity index (χ2v) is 4.28. The number of carbonyl (C=O) groups excluding carboxylic acids is 1. The maximum Gasteiger partial charge on any atom is 0.311 e. The molecule has 0 amide bonds. The van der Waals surface area contributed by atoms with Crippen molar-refractivity contribution < 1.29 is 27.1 Å². The van der Waals surface area contributed by atoms with Gasteiger partial charge >= 0.3 is 5.97 Å². The molecule has 0 aliphatic rings. The van der Waals surface area contributed by atoms with E-state index < -0.39 is 40.6 Å². The molecule has 0 atom stereocenters. The summed E-state index contributed by atoms with van der Waals surface area (Å²) in [7, 11) is 0. The van der Waals surface area contributed by atoms with Crippen LogP contribution in [0.1, 0.15) is 25.8 Å². The SMILES string of the molecule is Cc1c(F)c(F)c(OC(=O)CC(C)C)c(F)c1F. The van der Waals surface area contributed by atoms with Crippen molar-refractivity contribution in [2.45, 2.75) is 27.2 Å². The molecule has 0 saturated heterocycles. The third kappa shape index (κ3) is 2.80. The van der Waals surface area contributed by atoms with Gasteiger partial charge in [-0.2, -0.15) is 8.78 Å². The van der Waals surface area contributed by atoms with Gasteiger partial charge in [0.15, 0.2) is 11.6 Å². The number of esters is 1. The van der Waals surface area contributed by atoms with E-state index >= 15 is 0 Å². The number of carbonyl (C=O) groups is 1. The van der Waals surface area contributed by atoms with Crippen LogP contribution in [0.25, 0.3) is 0 Å². The summed E-state index contributed by atoms with van der Waals surface area (Å²) in [6.07, 6.45) is -0.115. The van der Waals surface area contributed by atoms with Crippen molar-refractivity contribution in [3.63, 3.8) is 0 Å². The van der Waals surface area contributed by atoms with Gasteiger partial charge in [0.1, 0.15) is 0 Å². The quantitative estimate of drug-likeness (QED) is 0.361. The molecule has 0 spiro atoms. The Morgan fingerprint density at radius 1 is 1.06 bits per heavy atom. The van der Waals surface area contributed by atoms with Crippen LogP contribution < -0.4 is 4.74 Å². The normalized spacial score (nSPS) is 10.9. The first kappa shape index (κ1) is 14.5. The van der Waals surface area contributed by atoms with Crippen LogP contribution in [-0.2, 0) is 4.79 Å². The number of rotatable bonds is 3. The Balaban J connectivity index is 3.14. The number of benzene rings is 1. The summed E-state index contributed by atoms with van der Waals surface area (Å²) in [5.41, 5.74) is -0.798. The van der Waals surface area contributed by atoms with Crippen LogP contribution in [-0.4, -0.2) is 5.97 Å². The van der Waals surface area contributed by atoms with Crippen LogP contribution in [0.4, 0.5) is 17.6 Å². The molecular formula is C12H12F4O2. The molecule has 0 aliphatic carbocycles. The van der Waals surface area contributed by atoms with E-state index in [1.165, 1.54) is 0 Å². The maximum absolute atomic E-state index is 13.3. The standard InChI is InChI=1S/C12H12F4O2/c1-5(2)4-7(17)18-12-10(15)8(13)6(3)9(14)11(12)16/h5H,4H2,1-3H3. The van der Waals surface area contributed by atoms with Gasteiger partial charge in [-0.15, -0.1) is 0 Å². The van der Waals surface area contributed by atoms with Gasteiger partial charge in [0.25, 0.3) is 0 Å². The third-order valence-electron chi connectivity index (χ3n) is 2.23. The molecule has 0 fully saturated rings. The lowest BCUT2D eigenvalue weighted by Gasteiger charge is -2.10. The highest BCUT2D eigenvalue weighted by Gasteiger charge is 2.26. The first-order valence-electron chi connectivity index (χ1n) is 5.28. The van der Waals surface area contributed by atoms with Gasteiger partial charge in [0, 0.05) is 12.0 Å². The zero-order valence-electron chi connectivity index (χ0n) is 10.1. The lowest BCUT2D eigenvalue weighted by molar-refractivity contribution is -0.135. The molecule has 100 valence electrons. The van der Waals surface area contributed by atoms with Crippen LogP contribution in [0, 0.1) is 36.1 Å². The topological polar surface area (TPSA) is 26.3 Å². The fourth-order valence-electron chi connectivity index (χ4n) is 1.30. The average Bonchev–Trinajstić information content (AvgIpc) is 2.29. The summed E-state index contributed by atoms with van der Waals surface area (Å²) in [6, 6.07) is 0. The van der Waals surface area contributed by atoms with Crippen molar-refractivity contribution in [3.05, 3.63) is 28.8 Å². The third-order valence-corrected chi connectivity index (χ3v) is 2.23. The Bertz CT molecular complexity index is 454. The maximum atomic E-state index is 13.3. The van der Waals surface area contributed by atoms with Gasteiger partial charge in [-0.3, -0.25) is 4.79 Å². The molecule has 0 saturated carbocycles. The Labute approximate surface area is 102 Å². The zero-order valence-corrected chi connectivity index (χ0v) is 10.1. The van der Waals surface area contributed by atoms with Crippen molar-refractivity contribution in [2.75, 3.05) is 0 Å². The summed E-state index contributed by atoms with van der Waals surface area (Å²) in [5, 5.41) is 0. The molecule has 0 N–H and O–H groups in total. The molecule has 1 aromatic carbocycles. The molecule has 2 nitrogen and oxygen atoms in total. The van der Waals surface area contributed by atoms with Gasteiger partial charge in [-0.05, 0) is 12.8 Å². The van der Waals surface area contributed by atoms with Crippen LogP contribution in [0.15, 0.2) is 0 Å². The molecule has 1 aromatic rings. The molecule has 0 aromatic heterocycles. The predicted octanol–water partition coefficient (Wildman–Crippen LogP) is 3.50. The molecule has 0 unspecified atom stereocenters.